The third-order valence-electron chi connectivity index (χ3n) is 3.27. The van der Waals surface area contributed by atoms with Crippen molar-refractivity contribution in [3.8, 4) is 0 Å². The van der Waals surface area contributed by atoms with Gasteiger partial charge in [0.15, 0.2) is 0 Å². The van der Waals surface area contributed by atoms with Crippen molar-refractivity contribution in [2.75, 3.05) is 12.8 Å². The lowest BCUT2D eigenvalue weighted by atomic mass is 10.1. The van der Waals surface area contributed by atoms with Crippen molar-refractivity contribution in [2.24, 2.45) is 5.92 Å². The lowest BCUT2D eigenvalue weighted by molar-refractivity contribution is 0.0727. The topological polar surface area (TPSA) is 59.2 Å². The van der Waals surface area contributed by atoms with Crippen LogP contribution in [0.4, 0.5) is 5.82 Å². The molecular formula is C12H17N3O. The molecule has 1 aliphatic carbocycles. The van der Waals surface area contributed by atoms with E-state index in [-0.39, 0.29) is 5.91 Å². The van der Waals surface area contributed by atoms with Gasteiger partial charge in [0.05, 0.1) is 5.56 Å². The maximum absolute atomic E-state index is 12.1. The minimum absolute atomic E-state index is 0.0203. The molecule has 1 atom stereocenters. The predicted octanol–water partition coefficient (Wildman–Crippen LogP) is 1.53. The number of rotatable bonds is 3. The van der Waals surface area contributed by atoms with Crippen LogP contribution in [0.25, 0.3) is 0 Å². The zero-order valence-electron chi connectivity index (χ0n) is 9.68. The molecule has 2 N–H and O–H groups in total. The number of aromatic nitrogens is 1. The number of nitrogens with zero attached hydrogens (tertiary/aromatic N) is 2. The number of carbonyl (C=O) groups is 1. The summed E-state index contributed by atoms with van der Waals surface area (Å²) in [6.07, 6.45) is 4.01. The van der Waals surface area contributed by atoms with E-state index in [1.54, 1.807) is 17.0 Å². The minimum atomic E-state index is 0.0203. The molecule has 0 spiro atoms. The average molecular weight is 219 g/mol. The van der Waals surface area contributed by atoms with Gasteiger partial charge in [-0.05, 0) is 37.8 Å². The Labute approximate surface area is 95.5 Å². The molecule has 1 heterocycles. The first-order chi connectivity index (χ1) is 7.59. The zero-order chi connectivity index (χ0) is 11.7. The largest absolute Gasteiger partial charge is 0.384 e. The highest BCUT2D eigenvalue weighted by Gasteiger charge is 2.32. The summed E-state index contributed by atoms with van der Waals surface area (Å²) in [7, 11) is 1.85. The first kappa shape index (κ1) is 10.9. The normalized spacial score (nSPS) is 16.9. The van der Waals surface area contributed by atoms with E-state index in [1.165, 1.54) is 19.0 Å². The number of hydrogen-bond donors (Lipinski definition) is 1. The second kappa shape index (κ2) is 4.12. The fourth-order valence-electron chi connectivity index (χ4n) is 1.82. The highest BCUT2D eigenvalue weighted by Crippen LogP contribution is 2.35. The molecule has 1 aromatic heterocycles. The summed E-state index contributed by atoms with van der Waals surface area (Å²) >= 11 is 0. The van der Waals surface area contributed by atoms with Crippen LogP contribution in [0.3, 0.4) is 0 Å². The van der Waals surface area contributed by atoms with Crippen molar-refractivity contribution in [3.05, 3.63) is 23.9 Å². The first-order valence-electron chi connectivity index (χ1n) is 5.58. The molecule has 1 amide bonds. The zero-order valence-corrected chi connectivity index (χ0v) is 9.68. The molecule has 2 rings (SSSR count). The van der Waals surface area contributed by atoms with Gasteiger partial charge in [0, 0.05) is 19.3 Å². The van der Waals surface area contributed by atoms with Crippen molar-refractivity contribution in [2.45, 2.75) is 25.8 Å². The number of nitrogens with two attached hydrogens (primary N) is 1. The molecule has 4 heteroatoms. The lowest BCUT2D eigenvalue weighted by Crippen LogP contribution is -2.36. The predicted molar refractivity (Wildman–Crippen MR) is 62.9 cm³/mol. The number of nitrogen functional groups attached to an aromatic ring is 1. The van der Waals surface area contributed by atoms with E-state index in [9.17, 15) is 4.79 Å². The second-order valence-corrected chi connectivity index (χ2v) is 4.47. The average Bonchev–Trinajstić information content (AvgIpc) is 3.11. The quantitative estimate of drug-likeness (QED) is 0.838. The summed E-state index contributed by atoms with van der Waals surface area (Å²) in [6, 6.07) is 3.69. The third kappa shape index (κ3) is 2.15. The molecule has 0 radical (unpaired) electrons. The van der Waals surface area contributed by atoms with Crippen molar-refractivity contribution in [1.82, 2.24) is 9.88 Å². The van der Waals surface area contributed by atoms with Gasteiger partial charge in [-0.2, -0.15) is 0 Å². The van der Waals surface area contributed by atoms with Crippen LogP contribution in [0.2, 0.25) is 0 Å². The SMILES string of the molecule is CC(C1CC1)N(C)C(=O)c1ccc(N)nc1. The molecule has 0 bridgehead atoms. The van der Waals surface area contributed by atoms with E-state index >= 15 is 0 Å². The van der Waals surface area contributed by atoms with Crippen molar-refractivity contribution in [1.29, 1.82) is 0 Å². The van der Waals surface area contributed by atoms with Gasteiger partial charge in [-0.1, -0.05) is 0 Å². The maximum Gasteiger partial charge on any atom is 0.255 e. The van der Waals surface area contributed by atoms with Gasteiger partial charge >= 0.3 is 0 Å². The van der Waals surface area contributed by atoms with Crippen LogP contribution in [0.5, 0.6) is 0 Å². The van der Waals surface area contributed by atoms with E-state index in [0.717, 1.165) is 0 Å². The second-order valence-electron chi connectivity index (χ2n) is 4.47. The van der Waals surface area contributed by atoms with E-state index < -0.39 is 0 Å². The molecule has 86 valence electrons. The van der Waals surface area contributed by atoms with E-state index in [1.807, 2.05) is 7.05 Å². The lowest BCUT2D eigenvalue weighted by Gasteiger charge is -2.24. The Morgan fingerprint density at radius 3 is 2.75 bits per heavy atom. The van der Waals surface area contributed by atoms with Crippen LogP contribution in [-0.2, 0) is 0 Å². The molecule has 0 saturated heterocycles. The van der Waals surface area contributed by atoms with Crippen LogP contribution in [0.15, 0.2) is 18.3 Å². The van der Waals surface area contributed by atoms with Gasteiger partial charge in [0.25, 0.3) is 5.91 Å². The van der Waals surface area contributed by atoms with E-state index in [0.29, 0.717) is 23.3 Å². The summed E-state index contributed by atoms with van der Waals surface area (Å²) in [4.78, 5) is 17.8. The van der Waals surface area contributed by atoms with Gasteiger partial charge in [-0.3, -0.25) is 4.79 Å². The summed E-state index contributed by atoms with van der Waals surface area (Å²) in [5, 5.41) is 0. The van der Waals surface area contributed by atoms with E-state index in [4.69, 9.17) is 5.73 Å². The Balaban J connectivity index is 2.08. The Kier molecular flexibility index (Phi) is 2.81. The van der Waals surface area contributed by atoms with Gasteiger partial charge in [0.1, 0.15) is 5.82 Å². The molecule has 0 aromatic carbocycles. The molecule has 4 nitrogen and oxygen atoms in total. The Bertz CT molecular complexity index is 384. The standard InChI is InChI=1S/C12H17N3O/c1-8(9-3-4-9)15(2)12(16)10-5-6-11(13)14-7-10/h5-9H,3-4H2,1-2H3,(H2,13,14). The highest BCUT2D eigenvalue weighted by molar-refractivity contribution is 5.94. The first-order valence-corrected chi connectivity index (χ1v) is 5.58. The molecule has 0 aliphatic heterocycles. The summed E-state index contributed by atoms with van der Waals surface area (Å²) in [5.41, 5.74) is 6.09. The van der Waals surface area contributed by atoms with Gasteiger partial charge in [-0.15, -0.1) is 0 Å². The fourth-order valence-corrected chi connectivity index (χ4v) is 1.82. The summed E-state index contributed by atoms with van der Waals surface area (Å²) < 4.78 is 0. The molecular weight excluding hydrogens is 202 g/mol. The number of pyridine rings is 1. The smallest absolute Gasteiger partial charge is 0.255 e. The van der Waals surface area contributed by atoms with Crippen LogP contribution in [0, 0.1) is 5.92 Å². The van der Waals surface area contributed by atoms with Crippen LogP contribution in [-0.4, -0.2) is 28.9 Å². The molecule has 1 saturated carbocycles. The van der Waals surface area contributed by atoms with Crippen LogP contribution >= 0.6 is 0 Å². The Morgan fingerprint density at radius 1 is 1.56 bits per heavy atom. The van der Waals surface area contributed by atoms with Crippen LogP contribution in [0.1, 0.15) is 30.1 Å². The van der Waals surface area contributed by atoms with Crippen molar-refractivity contribution >= 4 is 11.7 Å². The Hall–Kier alpha value is -1.58. The Morgan fingerprint density at radius 2 is 2.25 bits per heavy atom. The van der Waals surface area contributed by atoms with Gasteiger partial charge in [0.2, 0.25) is 0 Å². The number of carbonyl (C=O) groups excluding carboxylic acids is 1. The number of hydrogen-bond acceptors (Lipinski definition) is 3. The summed E-state index contributed by atoms with van der Waals surface area (Å²) in [6.45, 7) is 2.10. The van der Waals surface area contributed by atoms with Crippen molar-refractivity contribution in [3.63, 3.8) is 0 Å². The fraction of sp³-hybridized carbons (Fsp3) is 0.500. The van der Waals surface area contributed by atoms with Gasteiger partial charge < -0.3 is 10.6 Å². The van der Waals surface area contributed by atoms with E-state index in [2.05, 4.69) is 11.9 Å². The number of anilines is 1. The van der Waals surface area contributed by atoms with Gasteiger partial charge in [-0.25, -0.2) is 4.98 Å². The third-order valence-corrected chi connectivity index (χ3v) is 3.27. The van der Waals surface area contributed by atoms with Crippen molar-refractivity contribution < 1.29 is 4.79 Å². The maximum atomic E-state index is 12.1. The molecule has 1 fully saturated rings. The highest BCUT2D eigenvalue weighted by atomic mass is 16.2. The minimum Gasteiger partial charge on any atom is -0.384 e. The molecule has 1 aromatic rings. The van der Waals surface area contributed by atoms with Crippen LogP contribution < -0.4 is 5.73 Å². The summed E-state index contributed by atoms with van der Waals surface area (Å²) in [5.74, 6) is 1.14. The molecule has 1 aliphatic rings. The molecule has 1 unspecified atom stereocenters. The molecule has 16 heavy (non-hydrogen) atoms. The monoisotopic (exact) mass is 219 g/mol. The number of amides is 1.